The topological polar surface area (TPSA) is 253 Å². The van der Waals surface area contributed by atoms with Crippen molar-refractivity contribution in [3.8, 4) is 0 Å². The number of rotatable bonds is 18. The maximum absolute atomic E-state index is 14.0. The summed E-state index contributed by atoms with van der Waals surface area (Å²) in [6.07, 6.45) is -0.484. The molecule has 2 rings (SSSR count). The van der Waals surface area contributed by atoms with E-state index in [0.717, 1.165) is 19.3 Å². The average Bonchev–Trinajstić information content (AvgIpc) is 3.14. The molecule has 312 valence electrons. The first-order chi connectivity index (χ1) is 26.4. The zero-order valence-corrected chi connectivity index (χ0v) is 32.4. The lowest BCUT2D eigenvalue weighted by molar-refractivity contribution is -0.158. The largest absolute Gasteiger partial charge is 0.444 e. The monoisotopic (exact) mass is 836 g/mol. The van der Waals surface area contributed by atoms with E-state index < -0.39 is 96.9 Å². The van der Waals surface area contributed by atoms with E-state index in [1.165, 1.54) is 0 Å². The Balaban J connectivity index is 2.51. The van der Waals surface area contributed by atoms with Crippen LogP contribution in [0.15, 0.2) is 30.3 Å². The van der Waals surface area contributed by atoms with Crippen LogP contribution < -0.4 is 27.6 Å². The summed E-state index contributed by atoms with van der Waals surface area (Å²) in [6, 6.07) is 5.00. The number of nitrogens with zero attached hydrogens (tertiary/aromatic N) is 3. The molecule has 4 atom stereocenters. The molecule has 1 aromatic rings. The standard InChI is InChI=1S/C34H48Cl2F2N8O10/c1-20(2)17-23(29(49)42-44(15-13-25(39)47)31(51)27(35)37)41-33(53)56-46(34(54)55-19-22-11-7-4-8-12-22)24(18-21-9-5-3-6-10-21)30(50)43-45(16-14-26(40)48)32(52)28(36)38/h4,7-8,11-12,20-21,23-24,27-28H,3,5-6,9-10,13-19H2,1-2H3,(H2,39,47)(H2,40,48)(H,41,53)(H,42,49)(H,43,50)/t23-,24-,27?,28+/m1/s1. The van der Waals surface area contributed by atoms with E-state index in [0.29, 0.717) is 33.5 Å². The van der Waals surface area contributed by atoms with Crippen LogP contribution in [0.4, 0.5) is 18.4 Å². The van der Waals surface area contributed by atoms with Crippen molar-refractivity contribution in [3.05, 3.63) is 35.9 Å². The molecule has 1 fully saturated rings. The molecule has 1 aliphatic carbocycles. The van der Waals surface area contributed by atoms with Crippen molar-refractivity contribution in [2.75, 3.05) is 13.1 Å². The average molecular weight is 838 g/mol. The zero-order valence-electron chi connectivity index (χ0n) is 30.9. The number of primary amides is 2. The van der Waals surface area contributed by atoms with E-state index in [1.54, 1.807) is 44.2 Å². The maximum atomic E-state index is 14.0. The lowest BCUT2D eigenvalue weighted by atomic mass is 9.84. The third kappa shape index (κ3) is 16.8. The minimum atomic E-state index is -2.65. The molecule has 1 saturated carbocycles. The minimum Gasteiger partial charge on any atom is -0.442 e. The fourth-order valence-electron chi connectivity index (χ4n) is 5.56. The Kier molecular flexibility index (Phi) is 20.1. The highest BCUT2D eigenvalue weighted by atomic mass is 35.5. The molecular formula is C34H48Cl2F2N8O10. The van der Waals surface area contributed by atoms with E-state index in [-0.39, 0.29) is 31.3 Å². The molecule has 0 radical (unpaired) electrons. The Morgan fingerprint density at radius 1 is 0.821 bits per heavy atom. The van der Waals surface area contributed by atoms with Gasteiger partial charge >= 0.3 is 12.2 Å². The molecule has 1 aliphatic rings. The molecule has 0 saturated heterocycles. The number of ether oxygens (including phenoxy) is 1. The maximum Gasteiger partial charge on any atom is 0.444 e. The van der Waals surface area contributed by atoms with Gasteiger partial charge in [-0.1, -0.05) is 99.5 Å². The molecule has 1 unspecified atom stereocenters. The smallest absolute Gasteiger partial charge is 0.442 e. The Morgan fingerprint density at radius 3 is 1.82 bits per heavy atom. The summed E-state index contributed by atoms with van der Waals surface area (Å²) >= 11 is 10.6. The van der Waals surface area contributed by atoms with Crippen molar-refractivity contribution in [3.63, 3.8) is 0 Å². The second-order valence-corrected chi connectivity index (χ2v) is 14.1. The van der Waals surface area contributed by atoms with Gasteiger partial charge in [-0.2, -0.15) is 0 Å². The number of nitrogens with one attached hydrogen (secondary N) is 3. The molecule has 0 spiro atoms. The predicted molar refractivity (Wildman–Crippen MR) is 195 cm³/mol. The fourth-order valence-corrected chi connectivity index (χ4v) is 5.80. The number of alkyl halides is 4. The van der Waals surface area contributed by atoms with Crippen LogP contribution >= 0.6 is 23.2 Å². The number of hydrogen-bond donors (Lipinski definition) is 5. The van der Waals surface area contributed by atoms with Gasteiger partial charge in [0, 0.05) is 12.8 Å². The number of nitrogens with two attached hydrogens (primary N) is 2. The van der Waals surface area contributed by atoms with Crippen LogP contribution in [0.3, 0.4) is 0 Å². The van der Waals surface area contributed by atoms with Crippen molar-refractivity contribution >= 4 is 70.8 Å². The molecule has 7 N–H and O–H groups in total. The number of hydrogen-bond acceptors (Lipinski definition) is 10. The van der Waals surface area contributed by atoms with E-state index in [1.807, 2.05) is 0 Å². The van der Waals surface area contributed by atoms with Gasteiger partial charge in [0.25, 0.3) is 34.9 Å². The third-order valence-corrected chi connectivity index (χ3v) is 8.68. The Labute approximate surface area is 332 Å². The van der Waals surface area contributed by atoms with Gasteiger partial charge < -0.3 is 26.4 Å². The van der Waals surface area contributed by atoms with E-state index in [9.17, 15) is 47.1 Å². The highest BCUT2D eigenvalue weighted by Crippen LogP contribution is 2.29. The lowest BCUT2D eigenvalue weighted by Gasteiger charge is -2.34. The van der Waals surface area contributed by atoms with Crippen LogP contribution in [0.25, 0.3) is 0 Å². The number of carbonyl (C=O) groups is 8. The van der Waals surface area contributed by atoms with Gasteiger partial charge in [0.1, 0.15) is 12.6 Å². The van der Waals surface area contributed by atoms with E-state index >= 15 is 0 Å². The summed E-state index contributed by atoms with van der Waals surface area (Å²) < 4.78 is 33.1. The highest BCUT2D eigenvalue weighted by molar-refractivity contribution is 6.29. The van der Waals surface area contributed by atoms with Gasteiger partial charge in [0.2, 0.25) is 11.8 Å². The zero-order chi connectivity index (χ0) is 41.9. The summed E-state index contributed by atoms with van der Waals surface area (Å²) in [4.78, 5) is 108. The Hall–Kier alpha value is -4.98. The molecule has 0 bridgehead atoms. The van der Waals surface area contributed by atoms with Gasteiger partial charge in [-0.3, -0.25) is 39.6 Å². The second-order valence-electron chi connectivity index (χ2n) is 13.3. The third-order valence-electron chi connectivity index (χ3n) is 8.31. The lowest BCUT2D eigenvalue weighted by Crippen LogP contribution is -2.59. The summed E-state index contributed by atoms with van der Waals surface area (Å²) in [5, 5.41) is 3.38. The Morgan fingerprint density at radius 2 is 1.34 bits per heavy atom. The SMILES string of the molecule is CC(C)C[C@@H](NC(=O)ON(C(=O)OCc1ccccc1)[C@H](CC1CCCCC1)C(=O)NN(CCC(N)=O)C(=O)[C@H](F)Cl)C(=O)NN(CCC(N)=O)C(=O)C(F)Cl. The quantitative estimate of drug-likeness (QED) is 0.107. The number of benzene rings is 1. The van der Waals surface area contributed by atoms with Crippen LogP contribution in [-0.4, -0.2) is 99.1 Å². The molecular weight excluding hydrogens is 789 g/mol. The van der Waals surface area contributed by atoms with Crippen LogP contribution in [0.2, 0.25) is 0 Å². The van der Waals surface area contributed by atoms with Crippen molar-refractivity contribution in [1.29, 1.82) is 0 Å². The normalized spacial score (nSPS) is 14.9. The number of halogens is 4. The fraction of sp³-hybridized carbons (Fsp3) is 0.588. The minimum absolute atomic E-state index is 0.122. The van der Waals surface area contributed by atoms with Crippen LogP contribution in [0, 0.1) is 11.8 Å². The molecule has 56 heavy (non-hydrogen) atoms. The van der Waals surface area contributed by atoms with Crippen molar-refractivity contribution in [1.82, 2.24) is 31.2 Å². The van der Waals surface area contributed by atoms with Gasteiger partial charge in [0.15, 0.2) is 6.04 Å². The van der Waals surface area contributed by atoms with Crippen LogP contribution in [0.1, 0.15) is 77.2 Å². The summed E-state index contributed by atoms with van der Waals surface area (Å²) in [5.74, 6) is -7.49. The number of hydrazine groups is 2. The number of carbonyl (C=O) groups excluding carboxylic acids is 8. The molecule has 22 heteroatoms. The summed E-state index contributed by atoms with van der Waals surface area (Å²) in [5.41, 5.74) is 9.80. The van der Waals surface area contributed by atoms with Crippen molar-refractivity contribution in [2.24, 2.45) is 23.3 Å². The van der Waals surface area contributed by atoms with Gasteiger partial charge in [-0.15, -0.1) is 5.06 Å². The van der Waals surface area contributed by atoms with Crippen LogP contribution in [0.5, 0.6) is 0 Å². The first-order valence-corrected chi connectivity index (χ1v) is 18.6. The second kappa shape index (κ2) is 23.8. The van der Waals surface area contributed by atoms with E-state index in [2.05, 4.69) is 16.2 Å². The van der Waals surface area contributed by atoms with Gasteiger partial charge in [0.05, 0.1) is 13.1 Å². The van der Waals surface area contributed by atoms with Crippen molar-refractivity contribution in [2.45, 2.75) is 102 Å². The first kappa shape index (κ1) is 47.2. The van der Waals surface area contributed by atoms with Crippen LogP contribution in [-0.2, 0) is 44.9 Å². The molecule has 0 aromatic heterocycles. The molecule has 0 aliphatic heterocycles. The number of hydroxylamine groups is 2. The summed E-state index contributed by atoms with van der Waals surface area (Å²) in [6.45, 7) is 1.80. The summed E-state index contributed by atoms with van der Waals surface area (Å²) in [7, 11) is 0. The van der Waals surface area contributed by atoms with Gasteiger partial charge in [-0.25, -0.2) is 28.4 Å². The first-order valence-electron chi connectivity index (χ1n) is 17.7. The molecule has 1 aromatic carbocycles. The number of amides is 8. The van der Waals surface area contributed by atoms with Crippen molar-refractivity contribution < 1.29 is 56.7 Å². The van der Waals surface area contributed by atoms with E-state index in [4.69, 9.17) is 44.2 Å². The Bertz CT molecular complexity index is 1520. The van der Waals surface area contributed by atoms with Gasteiger partial charge in [-0.05, 0) is 30.2 Å². The molecule has 0 heterocycles. The highest BCUT2D eigenvalue weighted by Gasteiger charge is 2.40. The molecule has 8 amide bonds. The molecule has 18 nitrogen and oxygen atoms in total. The predicted octanol–water partition coefficient (Wildman–Crippen LogP) is 2.56.